The van der Waals surface area contributed by atoms with E-state index in [1.54, 1.807) is 0 Å². The van der Waals surface area contributed by atoms with E-state index in [4.69, 9.17) is 5.26 Å². The first-order valence-corrected chi connectivity index (χ1v) is 6.35. The Morgan fingerprint density at radius 2 is 2.15 bits per heavy atom. The molecule has 1 heterocycles. The van der Waals surface area contributed by atoms with E-state index in [1.807, 2.05) is 6.07 Å². The van der Waals surface area contributed by atoms with Crippen molar-refractivity contribution in [3.05, 3.63) is 22.7 Å². The van der Waals surface area contributed by atoms with Crippen molar-refractivity contribution in [1.82, 2.24) is 0 Å². The third-order valence-corrected chi connectivity index (χ3v) is 3.38. The molecule has 1 atom stereocenters. The Morgan fingerprint density at radius 1 is 1.45 bits per heavy atom. The maximum Gasteiger partial charge on any atom is 0.573 e. The molecule has 0 radical (unpaired) electrons. The molecule has 0 aliphatic carbocycles. The molecule has 106 valence electrons. The van der Waals surface area contributed by atoms with Gasteiger partial charge in [-0.1, -0.05) is 0 Å². The average Bonchev–Trinajstić information content (AvgIpc) is 2.72. The number of carbonyl (C=O) groups excluding carboxylic acids is 1. The van der Waals surface area contributed by atoms with E-state index >= 15 is 0 Å². The number of halogens is 4. The number of hydrogen-bond donors (Lipinski definition) is 0. The number of anilines is 1. The molecule has 1 amide bonds. The third-order valence-electron chi connectivity index (χ3n) is 2.76. The number of alkyl halides is 3. The van der Waals surface area contributed by atoms with Crippen molar-refractivity contribution in [1.29, 1.82) is 5.26 Å². The number of hydrogen-bond acceptors (Lipinski definition) is 3. The van der Waals surface area contributed by atoms with Crippen molar-refractivity contribution in [3.63, 3.8) is 0 Å². The quantitative estimate of drug-likeness (QED) is 0.824. The Kier molecular flexibility index (Phi) is 3.90. The summed E-state index contributed by atoms with van der Waals surface area (Å²) in [6, 6.07) is 5.84. The van der Waals surface area contributed by atoms with Crippen LogP contribution in [0.3, 0.4) is 0 Å². The molecule has 4 nitrogen and oxygen atoms in total. The third kappa shape index (κ3) is 3.22. The maximum absolute atomic E-state index is 12.1. The number of amides is 1. The monoisotopic (exact) mass is 348 g/mol. The van der Waals surface area contributed by atoms with Gasteiger partial charge in [0.25, 0.3) is 0 Å². The van der Waals surface area contributed by atoms with Gasteiger partial charge < -0.3 is 9.64 Å². The molecule has 0 N–H and O–H groups in total. The zero-order chi connectivity index (χ0) is 14.9. The second-order valence-electron chi connectivity index (χ2n) is 4.20. The topological polar surface area (TPSA) is 53.3 Å². The lowest BCUT2D eigenvalue weighted by molar-refractivity contribution is -0.274. The summed E-state index contributed by atoms with van der Waals surface area (Å²) in [5.74, 6) is -1.01. The van der Waals surface area contributed by atoms with E-state index in [-0.39, 0.29) is 29.1 Å². The molecule has 1 aromatic carbocycles. The van der Waals surface area contributed by atoms with E-state index in [0.29, 0.717) is 5.69 Å². The van der Waals surface area contributed by atoms with Crippen molar-refractivity contribution < 1.29 is 22.7 Å². The largest absolute Gasteiger partial charge is 0.573 e. The van der Waals surface area contributed by atoms with Crippen LogP contribution in [0.4, 0.5) is 18.9 Å². The highest BCUT2D eigenvalue weighted by atomic mass is 79.9. The molecule has 1 aromatic rings. The fraction of sp³-hybridized carbons (Fsp3) is 0.333. The normalized spacial score (nSPS) is 19.1. The maximum atomic E-state index is 12.1. The number of carbonyl (C=O) groups is 1. The van der Waals surface area contributed by atoms with Gasteiger partial charge in [-0.05, 0) is 34.1 Å². The first-order chi connectivity index (χ1) is 9.30. The minimum absolute atomic E-state index is 0.0838. The Balaban J connectivity index is 2.22. The van der Waals surface area contributed by atoms with Gasteiger partial charge in [0.1, 0.15) is 5.75 Å². The van der Waals surface area contributed by atoms with Gasteiger partial charge in [-0.3, -0.25) is 4.79 Å². The first-order valence-electron chi connectivity index (χ1n) is 5.55. The summed E-state index contributed by atoms with van der Waals surface area (Å²) < 4.78 is 40.3. The summed E-state index contributed by atoms with van der Waals surface area (Å²) >= 11 is 2.97. The van der Waals surface area contributed by atoms with Gasteiger partial charge in [0.15, 0.2) is 0 Å². The van der Waals surface area contributed by atoms with Crippen LogP contribution in [0.1, 0.15) is 6.42 Å². The van der Waals surface area contributed by atoms with Crippen LogP contribution in [0.2, 0.25) is 0 Å². The fourth-order valence-corrected chi connectivity index (χ4v) is 2.36. The van der Waals surface area contributed by atoms with E-state index in [2.05, 4.69) is 20.7 Å². The number of nitrogens with zero attached hydrogens (tertiary/aromatic N) is 2. The van der Waals surface area contributed by atoms with Gasteiger partial charge in [0.2, 0.25) is 5.91 Å². The molecule has 0 spiro atoms. The summed E-state index contributed by atoms with van der Waals surface area (Å²) in [6.45, 7) is 0.237. The average molecular weight is 349 g/mol. The highest BCUT2D eigenvalue weighted by Crippen LogP contribution is 2.35. The number of benzene rings is 1. The molecule has 0 bridgehead atoms. The molecule has 1 aliphatic rings. The Morgan fingerprint density at radius 3 is 2.65 bits per heavy atom. The number of nitriles is 1. The lowest BCUT2D eigenvalue weighted by atomic mass is 10.1. The van der Waals surface area contributed by atoms with Crippen molar-refractivity contribution in [2.75, 3.05) is 11.4 Å². The molecule has 1 unspecified atom stereocenters. The standard InChI is InChI=1S/C12H8BrF3N2O2/c13-9-4-8(1-2-10(9)20-12(14,15)16)18-6-7(5-17)3-11(18)19/h1-2,4,7H,3,6H2. The van der Waals surface area contributed by atoms with E-state index < -0.39 is 12.3 Å². The molecule has 20 heavy (non-hydrogen) atoms. The predicted octanol–water partition coefficient (Wildman–Crippen LogP) is 3.22. The van der Waals surface area contributed by atoms with Gasteiger partial charge in [0.05, 0.1) is 16.5 Å². The highest BCUT2D eigenvalue weighted by molar-refractivity contribution is 9.10. The number of ether oxygens (including phenoxy) is 1. The SMILES string of the molecule is N#CC1CC(=O)N(c2ccc(OC(F)(F)F)c(Br)c2)C1. The van der Waals surface area contributed by atoms with Gasteiger partial charge in [-0.25, -0.2) is 0 Å². The Bertz CT molecular complexity index is 583. The van der Waals surface area contributed by atoms with Gasteiger partial charge in [-0.2, -0.15) is 5.26 Å². The van der Waals surface area contributed by atoms with Crippen molar-refractivity contribution in [2.45, 2.75) is 12.8 Å². The minimum Gasteiger partial charge on any atom is -0.405 e. The molecular formula is C12H8BrF3N2O2. The van der Waals surface area contributed by atoms with Crippen LogP contribution in [0.25, 0.3) is 0 Å². The second kappa shape index (κ2) is 5.32. The lowest BCUT2D eigenvalue weighted by Gasteiger charge is -2.17. The summed E-state index contributed by atoms with van der Waals surface area (Å²) in [5, 5.41) is 8.79. The summed E-state index contributed by atoms with van der Waals surface area (Å²) in [5.41, 5.74) is 0.425. The molecule has 8 heteroatoms. The van der Waals surface area contributed by atoms with Crippen molar-refractivity contribution >= 4 is 27.5 Å². The predicted molar refractivity (Wildman–Crippen MR) is 66.9 cm³/mol. The minimum atomic E-state index is -4.78. The molecule has 2 rings (SSSR count). The van der Waals surface area contributed by atoms with Crippen molar-refractivity contribution in [3.8, 4) is 11.8 Å². The molecule has 0 saturated carbocycles. The molecule has 1 saturated heterocycles. The van der Waals surface area contributed by atoms with Crippen LogP contribution in [-0.2, 0) is 4.79 Å². The Hall–Kier alpha value is -1.75. The van der Waals surface area contributed by atoms with Gasteiger partial charge >= 0.3 is 6.36 Å². The van der Waals surface area contributed by atoms with Gasteiger partial charge in [-0.15, -0.1) is 13.2 Å². The van der Waals surface area contributed by atoms with Crippen LogP contribution in [0, 0.1) is 17.2 Å². The van der Waals surface area contributed by atoms with E-state index in [9.17, 15) is 18.0 Å². The van der Waals surface area contributed by atoms with Crippen LogP contribution in [0.5, 0.6) is 5.75 Å². The van der Waals surface area contributed by atoms with Gasteiger partial charge in [0, 0.05) is 18.7 Å². The van der Waals surface area contributed by atoms with Crippen LogP contribution in [0.15, 0.2) is 22.7 Å². The second-order valence-corrected chi connectivity index (χ2v) is 5.05. The Labute approximate surface area is 120 Å². The highest BCUT2D eigenvalue weighted by Gasteiger charge is 2.33. The van der Waals surface area contributed by atoms with Crippen LogP contribution < -0.4 is 9.64 Å². The fourth-order valence-electron chi connectivity index (χ4n) is 1.91. The van der Waals surface area contributed by atoms with Crippen LogP contribution >= 0.6 is 15.9 Å². The summed E-state index contributed by atoms with van der Waals surface area (Å²) in [4.78, 5) is 13.1. The number of rotatable bonds is 2. The molecule has 0 aromatic heterocycles. The zero-order valence-corrected chi connectivity index (χ0v) is 11.5. The summed E-state index contributed by atoms with van der Waals surface area (Å²) in [7, 11) is 0. The molecule has 1 fully saturated rings. The zero-order valence-electron chi connectivity index (χ0n) is 9.95. The molecule has 1 aliphatic heterocycles. The smallest absolute Gasteiger partial charge is 0.405 e. The van der Waals surface area contributed by atoms with Crippen molar-refractivity contribution in [2.24, 2.45) is 5.92 Å². The van der Waals surface area contributed by atoms with E-state index in [1.165, 1.54) is 17.0 Å². The van der Waals surface area contributed by atoms with E-state index in [0.717, 1.165) is 6.07 Å². The summed E-state index contributed by atoms with van der Waals surface area (Å²) in [6.07, 6.45) is -4.66. The van der Waals surface area contributed by atoms with Crippen LogP contribution in [-0.4, -0.2) is 18.8 Å². The lowest BCUT2D eigenvalue weighted by Crippen LogP contribution is -2.24. The molecular weight excluding hydrogens is 341 g/mol. The first kappa shape index (κ1) is 14.7.